The first-order chi connectivity index (χ1) is 9.69. The lowest BCUT2D eigenvalue weighted by Gasteiger charge is -2.40. The van der Waals surface area contributed by atoms with Gasteiger partial charge in [0, 0.05) is 0 Å². The van der Waals surface area contributed by atoms with Crippen molar-refractivity contribution < 1.29 is 66.3 Å². The number of carbonyl (C=O) groups excluding carboxylic acids is 1. The molecule has 2 unspecified atom stereocenters. The van der Waals surface area contributed by atoms with Crippen molar-refractivity contribution in [1.82, 2.24) is 0 Å². The molecule has 0 spiro atoms. The fourth-order valence-electron chi connectivity index (χ4n) is 2.24. The summed E-state index contributed by atoms with van der Waals surface area (Å²) in [5, 5.41) is 0. The highest BCUT2D eigenvalue weighted by Crippen LogP contribution is 2.78. The smallest absolute Gasteiger partial charge is 0.260 e. The molecule has 1 aliphatic carbocycles. The molecule has 0 bridgehead atoms. The second-order valence-electron chi connectivity index (χ2n) is 4.40. The van der Waals surface area contributed by atoms with E-state index >= 15 is 0 Å². The third-order valence-electron chi connectivity index (χ3n) is 3.32. The predicted molar refractivity (Wildman–Crippen MR) is 39.3 cm³/mol. The highest BCUT2D eigenvalue weighted by molar-refractivity contribution is 5.82. The van der Waals surface area contributed by atoms with Gasteiger partial charge in [-0.2, -0.15) is 57.1 Å². The van der Waals surface area contributed by atoms with Crippen molar-refractivity contribution in [3.63, 3.8) is 0 Å². The van der Waals surface area contributed by atoms with Crippen LogP contribution in [0.1, 0.15) is 0 Å². The van der Waals surface area contributed by atoms with Crippen LogP contribution in [0.2, 0.25) is 0 Å². The minimum Gasteiger partial charge on any atom is -0.260 e. The van der Waals surface area contributed by atoms with Crippen molar-refractivity contribution in [2.24, 2.45) is 5.41 Å². The lowest BCUT2D eigenvalue weighted by atomic mass is 9.71. The van der Waals surface area contributed by atoms with Gasteiger partial charge in [0.15, 0.2) is 0 Å². The predicted octanol–water partition coefficient (Wildman–Crippen LogP) is 4.22. The Morgan fingerprint density at radius 3 is 1.13 bits per heavy atom. The summed E-state index contributed by atoms with van der Waals surface area (Å²) in [5.41, 5.74) is -15.7. The molecule has 1 aliphatic rings. The van der Waals surface area contributed by atoms with Gasteiger partial charge in [-0.15, -0.1) is 0 Å². The quantitative estimate of drug-likeness (QED) is 0.493. The van der Waals surface area contributed by atoms with Crippen LogP contribution < -0.4 is 0 Å². The summed E-state index contributed by atoms with van der Waals surface area (Å²) >= 11 is 0. The molecular formula is C8F14O. The number of rotatable bonds is 1. The van der Waals surface area contributed by atoms with E-state index in [0.717, 1.165) is 0 Å². The minimum absolute atomic E-state index is 5.08. The van der Waals surface area contributed by atoms with Gasteiger partial charge in [-0.1, -0.05) is 0 Å². The number of alkyl halides is 13. The molecule has 23 heavy (non-hydrogen) atoms. The third-order valence-corrected chi connectivity index (χ3v) is 3.32. The monoisotopic (exact) mass is 378 g/mol. The fraction of sp³-hybridized carbons (Fsp3) is 0.875. The molecule has 136 valence electrons. The van der Waals surface area contributed by atoms with Crippen molar-refractivity contribution >= 4 is 6.04 Å². The van der Waals surface area contributed by atoms with Gasteiger partial charge in [-0.25, -0.2) is 4.39 Å². The second kappa shape index (κ2) is 4.20. The zero-order valence-electron chi connectivity index (χ0n) is 9.70. The lowest BCUT2D eigenvalue weighted by Crippen LogP contribution is -2.71. The zero-order valence-corrected chi connectivity index (χ0v) is 9.70. The van der Waals surface area contributed by atoms with E-state index in [1.165, 1.54) is 0 Å². The maximum atomic E-state index is 13.6. The first kappa shape index (κ1) is 19.7. The van der Waals surface area contributed by atoms with Gasteiger partial charge in [-0.05, 0) is 0 Å². The van der Waals surface area contributed by atoms with Crippen molar-refractivity contribution in [1.29, 1.82) is 0 Å². The number of hydrogen-bond acceptors (Lipinski definition) is 1. The number of hydrogen-bond donors (Lipinski definition) is 0. The summed E-state index contributed by atoms with van der Waals surface area (Å²) in [6, 6.07) is -5.08. The lowest BCUT2D eigenvalue weighted by molar-refractivity contribution is -0.379. The van der Waals surface area contributed by atoms with Crippen LogP contribution in [-0.4, -0.2) is 41.8 Å². The average molecular weight is 378 g/mol. The van der Waals surface area contributed by atoms with Gasteiger partial charge in [-0.3, -0.25) is 4.79 Å². The van der Waals surface area contributed by atoms with E-state index in [1.54, 1.807) is 0 Å². The topological polar surface area (TPSA) is 17.1 Å². The summed E-state index contributed by atoms with van der Waals surface area (Å²) in [6.07, 6.45) is -15.6. The Hall–Kier alpha value is -1.31. The van der Waals surface area contributed by atoms with Gasteiger partial charge in [0.25, 0.3) is 5.41 Å². The van der Waals surface area contributed by atoms with Gasteiger partial charge < -0.3 is 0 Å². The molecule has 1 rings (SSSR count). The summed E-state index contributed by atoms with van der Waals surface area (Å²) in [7, 11) is 0. The van der Waals surface area contributed by atoms with Gasteiger partial charge in [0.2, 0.25) is 0 Å². The summed E-state index contributed by atoms with van der Waals surface area (Å²) in [6.45, 7) is 0. The van der Waals surface area contributed by atoms with Crippen molar-refractivity contribution in [3.8, 4) is 0 Å². The molecule has 0 aliphatic heterocycles. The first-order valence-electron chi connectivity index (χ1n) is 4.85. The van der Waals surface area contributed by atoms with Gasteiger partial charge >= 0.3 is 41.8 Å². The Labute approximate surface area is 115 Å². The molecule has 15 heteroatoms. The number of carbonyl (C=O) groups is 1. The Kier molecular flexibility index (Phi) is 3.61. The Balaban J connectivity index is 4.24. The van der Waals surface area contributed by atoms with E-state index in [9.17, 15) is 66.3 Å². The molecule has 1 nitrogen and oxygen atoms in total. The van der Waals surface area contributed by atoms with E-state index in [2.05, 4.69) is 0 Å². The van der Waals surface area contributed by atoms with Gasteiger partial charge in [0.05, 0.1) is 0 Å². The molecule has 1 fully saturated rings. The molecule has 0 radical (unpaired) electrons. The number of halogens is 14. The van der Waals surface area contributed by atoms with E-state index in [0.29, 0.717) is 0 Å². The molecule has 0 aromatic heterocycles. The van der Waals surface area contributed by atoms with E-state index in [-0.39, 0.29) is 0 Å². The van der Waals surface area contributed by atoms with Crippen molar-refractivity contribution in [2.45, 2.75) is 35.8 Å². The Morgan fingerprint density at radius 2 is 0.957 bits per heavy atom. The Morgan fingerprint density at radius 1 is 0.609 bits per heavy atom. The van der Waals surface area contributed by atoms with E-state index in [1.807, 2.05) is 0 Å². The maximum absolute atomic E-state index is 13.6. The molecule has 0 N–H and O–H groups in total. The summed E-state index contributed by atoms with van der Waals surface area (Å²) < 4.78 is 179. The third kappa shape index (κ3) is 1.58. The van der Waals surface area contributed by atoms with Crippen LogP contribution in [0.15, 0.2) is 0 Å². The molecule has 1 saturated carbocycles. The minimum atomic E-state index is -7.97. The van der Waals surface area contributed by atoms with E-state index in [4.69, 9.17) is 0 Å². The van der Waals surface area contributed by atoms with Crippen LogP contribution in [0.5, 0.6) is 0 Å². The summed E-state index contributed by atoms with van der Waals surface area (Å²) in [5.74, 6) is -23.3. The average Bonchev–Trinajstić information content (AvgIpc) is 2.30. The maximum Gasteiger partial charge on any atom is 0.430 e. The van der Waals surface area contributed by atoms with Crippen molar-refractivity contribution in [3.05, 3.63) is 0 Å². The molecule has 0 amide bonds. The highest BCUT2D eigenvalue weighted by Gasteiger charge is 3.10. The molecule has 0 saturated heterocycles. The van der Waals surface area contributed by atoms with Crippen LogP contribution in [0.4, 0.5) is 61.5 Å². The molecule has 0 aromatic carbocycles. The molecule has 0 aromatic rings. The molecule has 2 atom stereocenters. The van der Waals surface area contributed by atoms with Crippen LogP contribution in [0.3, 0.4) is 0 Å². The first-order valence-corrected chi connectivity index (χ1v) is 4.85. The molecule has 0 heterocycles. The van der Waals surface area contributed by atoms with Crippen LogP contribution in [0, 0.1) is 5.41 Å². The second-order valence-corrected chi connectivity index (χ2v) is 4.40. The van der Waals surface area contributed by atoms with E-state index < -0.39 is 47.2 Å². The van der Waals surface area contributed by atoms with Crippen LogP contribution in [0.25, 0.3) is 0 Å². The SMILES string of the molecule is O=C(F)C1(C(F)(F)F)C(F)(F)C(F)(F)C(F)(F)C1(F)C(F)(F)F. The van der Waals surface area contributed by atoms with Gasteiger partial charge in [0.1, 0.15) is 0 Å². The van der Waals surface area contributed by atoms with Crippen LogP contribution in [-0.2, 0) is 4.79 Å². The Bertz CT molecular complexity index is 528. The van der Waals surface area contributed by atoms with Crippen LogP contribution >= 0.6 is 0 Å². The largest absolute Gasteiger partial charge is 0.430 e. The normalized spacial score (nSPS) is 36.1. The van der Waals surface area contributed by atoms with Crippen molar-refractivity contribution in [2.75, 3.05) is 0 Å². The standard InChI is InChI=1S/C8F14O/c9-1(23)2(7(17,18)19)3(10,8(20,21)22)5(13,14)6(15,16)4(2,11)12. The molecular weight excluding hydrogens is 378 g/mol. The fourth-order valence-corrected chi connectivity index (χ4v) is 2.24. The highest BCUT2D eigenvalue weighted by atomic mass is 19.4. The summed E-state index contributed by atoms with van der Waals surface area (Å²) in [4.78, 5) is 10.2. The zero-order chi connectivity index (χ0) is 19.1.